The number of hydrogen-bond donors (Lipinski definition) is 0. The molecule has 94 valence electrons. The fourth-order valence-electron chi connectivity index (χ4n) is 2.46. The van der Waals surface area contributed by atoms with E-state index in [1.165, 1.54) is 5.56 Å². The lowest BCUT2D eigenvalue weighted by molar-refractivity contribution is 0.312. The number of likely N-dealkylation sites (N-methyl/N-ethyl adjacent to an activating group) is 1. The Labute approximate surface area is 108 Å². The summed E-state index contributed by atoms with van der Waals surface area (Å²) in [7, 11) is 2.17. The molecule has 0 aromatic carbocycles. The molecular formula is C14H18N4. The zero-order valence-electron chi connectivity index (χ0n) is 10.7. The highest BCUT2D eigenvalue weighted by Gasteiger charge is 2.19. The van der Waals surface area contributed by atoms with E-state index < -0.39 is 0 Å². The van der Waals surface area contributed by atoms with Crippen LogP contribution in [0.15, 0.2) is 24.6 Å². The van der Waals surface area contributed by atoms with Crippen molar-refractivity contribution in [1.82, 2.24) is 14.9 Å². The fourth-order valence-corrected chi connectivity index (χ4v) is 2.46. The summed E-state index contributed by atoms with van der Waals surface area (Å²) in [5.41, 5.74) is 2.32. The molecule has 4 heteroatoms. The van der Waals surface area contributed by atoms with Crippen molar-refractivity contribution >= 4 is 11.9 Å². The molecule has 1 saturated heterocycles. The van der Waals surface area contributed by atoms with Crippen molar-refractivity contribution in [2.75, 3.05) is 38.1 Å². The van der Waals surface area contributed by atoms with Crippen molar-refractivity contribution in [3.05, 3.63) is 35.8 Å². The number of allylic oxidation sites excluding steroid dienone is 3. The molecule has 0 saturated carbocycles. The molecule has 4 nitrogen and oxygen atoms in total. The number of piperazine rings is 1. The Morgan fingerprint density at radius 2 is 1.89 bits per heavy atom. The van der Waals surface area contributed by atoms with Gasteiger partial charge in [-0.3, -0.25) is 0 Å². The molecule has 0 atom stereocenters. The van der Waals surface area contributed by atoms with E-state index in [0.717, 1.165) is 44.1 Å². The van der Waals surface area contributed by atoms with Crippen LogP contribution in [0.25, 0.3) is 6.08 Å². The minimum Gasteiger partial charge on any atom is -0.354 e. The van der Waals surface area contributed by atoms with Gasteiger partial charge < -0.3 is 9.80 Å². The predicted octanol–water partition coefficient (Wildman–Crippen LogP) is 1.35. The van der Waals surface area contributed by atoms with Gasteiger partial charge >= 0.3 is 0 Å². The first kappa shape index (κ1) is 11.4. The fraction of sp³-hybridized carbons (Fsp3) is 0.429. The number of aromatic nitrogens is 2. The number of hydrogen-bond acceptors (Lipinski definition) is 4. The maximum absolute atomic E-state index is 4.51. The summed E-state index contributed by atoms with van der Waals surface area (Å²) in [6.07, 6.45) is 11.0. The lowest BCUT2D eigenvalue weighted by atomic mass is 10.1. The zero-order chi connectivity index (χ0) is 12.4. The minimum atomic E-state index is 0.921. The molecule has 0 N–H and O–H groups in total. The zero-order valence-corrected chi connectivity index (χ0v) is 10.7. The third-order valence-electron chi connectivity index (χ3n) is 3.58. The molecule has 0 radical (unpaired) electrons. The van der Waals surface area contributed by atoms with Crippen molar-refractivity contribution in [3.63, 3.8) is 0 Å². The van der Waals surface area contributed by atoms with E-state index in [1.54, 1.807) is 6.33 Å². The van der Waals surface area contributed by atoms with E-state index in [4.69, 9.17) is 0 Å². The van der Waals surface area contributed by atoms with Crippen LogP contribution in [0.2, 0.25) is 0 Å². The van der Waals surface area contributed by atoms with Crippen molar-refractivity contribution in [2.45, 2.75) is 6.42 Å². The molecule has 1 fully saturated rings. The summed E-state index contributed by atoms with van der Waals surface area (Å²) in [4.78, 5) is 13.6. The lowest BCUT2D eigenvalue weighted by Crippen LogP contribution is -2.45. The average Bonchev–Trinajstić information content (AvgIpc) is 2.64. The standard InChI is InChI=1S/C14H18N4/c1-17-7-9-18(10-8-17)14-12-5-3-2-4-6-13(12)15-11-16-14/h2-4,6,11H,5,7-10H2,1H3. The Morgan fingerprint density at radius 3 is 2.72 bits per heavy atom. The highest BCUT2D eigenvalue weighted by molar-refractivity contribution is 5.61. The summed E-state index contributed by atoms with van der Waals surface area (Å²) in [6, 6.07) is 0. The van der Waals surface area contributed by atoms with E-state index in [1.807, 2.05) is 6.08 Å². The first-order chi connectivity index (χ1) is 8.84. The lowest BCUT2D eigenvalue weighted by Gasteiger charge is -2.34. The summed E-state index contributed by atoms with van der Waals surface area (Å²) in [5.74, 6) is 1.12. The van der Waals surface area contributed by atoms with Gasteiger partial charge in [-0.2, -0.15) is 0 Å². The monoisotopic (exact) mass is 242 g/mol. The molecule has 2 aliphatic rings. The Bertz CT molecular complexity index is 485. The van der Waals surface area contributed by atoms with Crippen LogP contribution >= 0.6 is 0 Å². The third kappa shape index (κ3) is 2.16. The molecule has 0 bridgehead atoms. The quantitative estimate of drug-likeness (QED) is 0.744. The molecular weight excluding hydrogens is 224 g/mol. The van der Waals surface area contributed by atoms with Crippen LogP contribution in [-0.4, -0.2) is 48.1 Å². The van der Waals surface area contributed by atoms with Gasteiger partial charge in [-0.25, -0.2) is 9.97 Å². The van der Waals surface area contributed by atoms with Crippen LogP contribution in [0.5, 0.6) is 0 Å². The van der Waals surface area contributed by atoms with Crippen molar-refractivity contribution in [2.24, 2.45) is 0 Å². The van der Waals surface area contributed by atoms with E-state index in [2.05, 4.69) is 45.0 Å². The summed E-state index contributed by atoms with van der Waals surface area (Å²) >= 11 is 0. The SMILES string of the molecule is CN1CCN(c2ncnc3c2CC=CC=C3)CC1. The number of anilines is 1. The smallest absolute Gasteiger partial charge is 0.136 e. The van der Waals surface area contributed by atoms with Gasteiger partial charge in [0, 0.05) is 31.7 Å². The van der Waals surface area contributed by atoms with E-state index >= 15 is 0 Å². The van der Waals surface area contributed by atoms with E-state index in [0.29, 0.717) is 0 Å². The Kier molecular flexibility index (Phi) is 3.11. The summed E-state index contributed by atoms with van der Waals surface area (Å²) in [6.45, 7) is 4.30. The molecule has 1 aromatic heterocycles. The maximum atomic E-state index is 4.51. The Hall–Kier alpha value is -1.68. The van der Waals surface area contributed by atoms with Crippen molar-refractivity contribution in [1.29, 1.82) is 0 Å². The largest absolute Gasteiger partial charge is 0.354 e. The molecule has 0 amide bonds. The van der Waals surface area contributed by atoms with Gasteiger partial charge in [0.25, 0.3) is 0 Å². The normalized spacial score (nSPS) is 19.7. The summed E-state index contributed by atoms with van der Waals surface area (Å²) in [5, 5.41) is 0. The van der Waals surface area contributed by atoms with E-state index in [9.17, 15) is 0 Å². The first-order valence-corrected chi connectivity index (χ1v) is 6.45. The van der Waals surface area contributed by atoms with Gasteiger partial charge in [0.05, 0.1) is 5.69 Å². The molecule has 1 aliphatic heterocycles. The van der Waals surface area contributed by atoms with Crippen molar-refractivity contribution in [3.8, 4) is 0 Å². The van der Waals surface area contributed by atoms with Gasteiger partial charge in [0.15, 0.2) is 0 Å². The van der Waals surface area contributed by atoms with Crippen LogP contribution in [0.4, 0.5) is 5.82 Å². The third-order valence-corrected chi connectivity index (χ3v) is 3.58. The molecule has 18 heavy (non-hydrogen) atoms. The van der Waals surface area contributed by atoms with Gasteiger partial charge in [0.2, 0.25) is 0 Å². The Morgan fingerprint density at radius 1 is 1.06 bits per heavy atom. The average molecular weight is 242 g/mol. The summed E-state index contributed by atoms with van der Waals surface area (Å²) < 4.78 is 0. The second-order valence-electron chi connectivity index (χ2n) is 4.84. The molecule has 0 spiro atoms. The highest BCUT2D eigenvalue weighted by Crippen LogP contribution is 2.24. The van der Waals surface area contributed by atoms with Crippen LogP contribution < -0.4 is 4.90 Å². The topological polar surface area (TPSA) is 32.3 Å². The van der Waals surface area contributed by atoms with Gasteiger partial charge in [-0.15, -0.1) is 0 Å². The van der Waals surface area contributed by atoms with Crippen LogP contribution in [-0.2, 0) is 6.42 Å². The minimum absolute atomic E-state index is 0.921. The maximum Gasteiger partial charge on any atom is 0.136 e. The molecule has 3 rings (SSSR count). The number of rotatable bonds is 1. The van der Waals surface area contributed by atoms with Crippen LogP contribution in [0.3, 0.4) is 0 Å². The highest BCUT2D eigenvalue weighted by atomic mass is 15.3. The molecule has 1 aromatic rings. The number of fused-ring (bicyclic) bond motifs is 1. The van der Waals surface area contributed by atoms with Crippen LogP contribution in [0, 0.1) is 0 Å². The molecule has 1 aliphatic carbocycles. The predicted molar refractivity (Wildman–Crippen MR) is 73.6 cm³/mol. The Balaban J connectivity index is 1.93. The van der Waals surface area contributed by atoms with Gasteiger partial charge in [-0.05, 0) is 19.5 Å². The van der Waals surface area contributed by atoms with Gasteiger partial charge in [-0.1, -0.05) is 18.2 Å². The molecule has 2 heterocycles. The van der Waals surface area contributed by atoms with E-state index in [-0.39, 0.29) is 0 Å². The van der Waals surface area contributed by atoms with Gasteiger partial charge in [0.1, 0.15) is 12.1 Å². The first-order valence-electron chi connectivity index (χ1n) is 6.45. The van der Waals surface area contributed by atoms with Crippen LogP contribution in [0.1, 0.15) is 11.3 Å². The van der Waals surface area contributed by atoms with Crippen molar-refractivity contribution < 1.29 is 0 Å². The molecule has 0 unspecified atom stereocenters. The number of nitrogens with zero attached hydrogens (tertiary/aromatic N) is 4. The second kappa shape index (κ2) is 4.90. The second-order valence-corrected chi connectivity index (χ2v) is 4.84.